The first-order valence-electron chi connectivity index (χ1n) is 5.72. The zero-order valence-electron chi connectivity index (χ0n) is 10.0. The van der Waals surface area contributed by atoms with E-state index in [1.807, 2.05) is 37.4 Å². The Bertz CT molecular complexity index is 514. The van der Waals surface area contributed by atoms with Gasteiger partial charge in [-0.1, -0.05) is 29.3 Å². The van der Waals surface area contributed by atoms with Crippen LogP contribution in [0.1, 0.15) is 17.2 Å². The molecule has 0 bridgehead atoms. The van der Waals surface area contributed by atoms with E-state index in [1.54, 1.807) is 12.4 Å². The van der Waals surface area contributed by atoms with E-state index >= 15 is 0 Å². The van der Waals surface area contributed by atoms with E-state index in [-0.39, 0.29) is 6.04 Å². The van der Waals surface area contributed by atoms with Gasteiger partial charge in [-0.2, -0.15) is 0 Å². The average molecular weight is 281 g/mol. The third-order valence-electron chi connectivity index (χ3n) is 2.88. The fourth-order valence-electron chi connectivity index (χ4n) is 1.87. The Morgan fingerprint density at radius 1 is 1.11 bits per heavy atom. The predicted octanol–water partition coefficient (Wildman–Crippen LogP) is 3.89. The van der Waals surface area contributed by atoms with Crippen molar-refractivity contribution >= 4 is 23.2 Å². The largest absolute Gasteiger partial charge is 0.313 e. The molecule has 4 heteroatoms. The maximum Gasteiger partial charge on any atom is 0.0595 e. The summed E-state index contributed by atoms with van der Waals surface area (Å²) in [5.74, 6) is 0. The van der Waals surface area contributed by atoms with Gasteiger partial charge in [-0.15, -0.1) is 0 Å². The van der Waals surface area contributed by atoms with Gasteiger partial charge in [0.25, 0.3) is 0 Å². The van der Waals surface area contributed by atoms with E-state index in [1.165, 1.54) is 5.56 Å². The molecule has 1 atom stereocenters. The number of aromatic nitrogens is 1. The molecule has 0 aliphatic heterocycles. The first-order valence-corrected chi connectivity index (χ1v) is 6.47. The Hall–Kier alpha value is -1.09. The Morgan fingerprint density at radius 3 is 2.44 bits per heavy atom. The minimum absolute atomic E-state index is 0.210. The first-order chi connectivity index (χ1) is 8.70. The molecule has 0 radical (unpaired) electrons. The van der Waals surface area contributed by atoms with Gasteiger partial charge in [-0.3, -0.25) is 4.98 Å². The zero-order chi connectivity index (χ0) is 13.0. The molecule has 2 rings (SSSR count). The summed E-state index contributed by atoms with van der Waals surface area (Å²) in [4.78, 5) is 4.02. The number of nitrogens with one attached hydrogen (secondary N) is 1. The number of hydrogen-bond acceptors (Lipinski definition) is 2. The second kappa shape index (κ2) is 6.19. The topological polar surface area (TPSA) is 24.9 Å². The minimum Gasteiger partial charge on any atom is -0.313 e. The van der Waals surface area contributed by atoms with Crippen molar-refractivity contribution in [3.63, 3.8) is 0 Å². The van der Waals surface area contributed by atoms with Crippen molar-refractivity contribution in [3.05, 3.63) is 63.9 Å². The lowest BCUT2D eigenvalue weighted by atomic mass is 10.00. The van der Waals surface area contributed by atoms with Crippen molar-refractivity contribution in [3.8, 4) is 0 Å². The van der Waals surface area contributed by atoms with Gasteiger partial charge in [-0.25, -0.2) is 0 Å². The van der Waals surface area contributed by atoms with Crippen molar-refractivity contribution in [2.45, 2.75) is 12.5 Å². The molecule has 18 heavy (non-hydrogen) atoms. The smallest absolute Gasteiger partial charge is 0.0595 e. The van der Waals surface area contributed by atoms with Crippen LogP contribution in [-0.4, -0.2) is 12.0 Å². The summed E-state index contributed by atoms with van der Waals surface area (Å²) in [7, 11) is 1.94. The Balaban J connectivity index is 2.20. The van der Waals surface area contributed by atoms with Crippen molar-refractivity contribution in [2.24, 2.45) is 0 Å². The number of nitrogens with zero attached hydrogens (tertiary/aromatic N) is 1. The van der Waals surface area contributed by atoms with Gasteiger partial charge >= 0.3 is 0 Å². The lowest BCUT2D eigenvalue weighted by Crippen LogP contribution is -2.18. The molecular weight excluding hydrogens is 267 g/mol. The molecule has 1 aromatic carbocycles. The fraction of sp³-hybridized carbons (Fsp3) is 0.214. The van der Waals surface area contributed by atoms with Crippen LogP contribution in [0.2, 0.25) is 10.0 Å². The van der Waals surface area contributed by atoms with Crippen LogP contribution in [0.4, 0.5) is 0 Å². The second-order valence-corrected chi connectivity index (χ2v) is 4.89. The highest BCUT2D eigenvalue weighted by Crippen LogP contribution is 2.27. The summed E-state index contributed by atoms with van der Waals surface area (Å²) < 4.78 is 0. The minimum atomic E-state index is 0.210. The van der Waals surface area contributed by atoms with Crippen LogP contribution in [0.15, 0.2) is 42.7 Å². The monoisotopic (exact) mass is 280 g/mol. The average Bonchev–Trinajstić information content (AvgIpc) is 2.40. The van der Waals surface area contributed by atoms with Crippen molar-refractivity contribution in [1.82, 2.24) is 10.3 Å². The summed E-state index contributed by atoms with van der Waals surface area (Å²) in [6.45, 7) is 0. The maximum absolute atomic E-state index is 6.05. The second-order valence-electron chi connectivity index (χ2n) is 4.07. The highest BCUT2D eigenvalue weighted by atomic mass is 35.5. The lowest BCUT2D eigenvalue weighted by Gasteiger charge is -2.17. The molecule has 2 nitrogen and oxygen atoms in total. The third-order valence-corrected chi connectivity index (χ3v) is 3.62. The first kappa shape index (κ1) is 13.3. The quantitative estimate of drug-likeness (QED) is 0.919. The van der Waals surface area contributed by atoms with Gasteiger partial charge in [0.2, 0.25) is 0 Å². The van der Waals surface area contributed by atoms with Crippen LogP contribution in [0.5, 0.6) is 0 Å². The Labute approximate surface area is 117 Å². The third kappa shape index (κ3) is 3.22. The van der Waals surface area contributed by atoms with Crippen LogP contribution in [0, 0.1) is 0 Å². The molecule has 0 aliphatic rings. The molecule has 2 aromatic rings. The SMILES string of the molecule is CNC(Cc1ccncc1)c1ccc(Cl)c(Cl)c1. The van der Waals surface area contributed by atoms with Gasteiger partial charge in [-0.05, 0) is 48.9 Å². The van der Waals surface area contributed by atoms with Gasteiger partial charge in [0, 0.05) is 18.4 Å². The lowest BCUT2D eigenvalue weighted by molar-refractivity contribution is 0.592. The van der Waals surface area contributed by atoms with E-state index in [4.69, 9.17) is 23.2 Å². The number of rotatable bonds is 4. The van der Waals surface area contributed by atoms with Gasteiger partial charge in [0.1, 0.15) is 0 Å². The molecular formula is C14H14Cl2N2. The molecule has 1 unspecified atom stereocenters. The van der Waals surface area contributed by atoms with Crippen molar-refractivity contribution < 1.29 is 0 Å². The number of hydrogen-bond donors (Lipinski definition) is 1. The summed E-state index contributed by atoms with van der Waals surface area (Å²) >= 11 is 12.0. The maximum atomic E-state index is 6.05. The van der Waals surface area contributed by atoms with Crippen molar-refractivity contribution in [1.29, 1.82) is 0 Å². The van der Waals surface area contributed by atoms with Gasteiger partial charge in [0.05, 0.1) is 10.0 Å². The predicted molar refractivity (Wildman–Crippen MR) is 76.2 cm³/mol. The molecule has 0 saturated carbocycles. The van der Waals surface area contributed by atoms with Crippen LogP contribution in [0.3, 0.4) is 0 Å². The zero-order valence-corrected chi connectivity index (χ0v) is 11.5. The van der Waals surface area contributed by atoms with Crippen LogP contribution in [-0.2, 0) is 6.42 Å². The van der Waals surface area contributed by atoms with Crippen LogP contribution in [0.25, 0.3) is 0 Å². The van der Waals surface area contributed by atoms with Crippen LogP contribution < -0.4 is 5.32 Å². The summed E-state index contributed by atoms with van der Waals surface area (Å²) in [6.07, 6.45) is 4.49. The normalized spacial score (nSPS) is 12.4. The number of likely N-dealkylation sites (N-methyl/N-ethyl adjacent to an activating group) is 1. The number of pyridine rings is 1. The fourth-order valence-corrected chi connectivity index (χ4v) is 2.18. The molecule has 0 amide bonds. The van der Waals surface area contributed by atoms with Gasteiger partial charge in [0.15, 0.2) is 0 Å². The molecule has 1 N–H and O–H groups in total. The number of halogens is 2. The Morgan fingerprint density at radius 2 is 1.83 bits per heavy atom. The molecule has 0 spiro atoms. The summed E-state index contributed by atoms with van der Waals surface area (Å²) in [6, 6.07) is 9.98. The molecule has 0 saturated heterocycles. The van der Waals surface area contributed by atoms with E-state index in [2.05, 4.69) is 10.3 Å². The summed E-state index contributed by atoms with van der Waals surface area (Å²) in [5.41, 5.74) is 2.36. The van der Waals surface area contributed by atoms with E-state index in [0.29, 0.717) is 10.0 Å². The summed E-state index contributed by atoms with van der Waals surface area (Å²) in [5, 5.41) is 4.46. The molecule has 94 valence electrons. The molecule has 1 heterocycles. The van der Waals surface area contributed by atoms with E-state index < -0.39 is 0 Å². The highest BCUT2D eigenvalue weighted by Gasteiger charge is 2.11. The number of benzene rings is 1. The standard InChI is InChI=1S/C14H14Cl2N2/c1-17-14(8-10-4-6-18-7-5-10)11-2-3-12(15)13(16)9-11/h2-7,9,14,17H,8H2,1H3. The highest BCUT2D eigenvalue weighted by molar-refractivity contribution is 6.42. The van der Waals surface area contributed by atoms with E-state index in [0.717, 1.165) is 12.0 Å². The Kier molecular flexibility index (Phi) is 4.59. The van der Waals surface area contributed by atoms with Crippen LogP contribution >= 0.6 is 23.2 Å². The molecule has 1 aromatic heterocycles. The molecule has 0 fully saturated rings. The van der Waals surface area contributed by atoms with Crippen molar-refractivity contribution in [2.75, 3.05) is 7.05 Å². The molecule has 0 aliphatic carbocycles. The van der Waals surface area contributed by atoms with Gasteiger partial charge < -0.3 is 5.32 Å². The van der Waals surface area contributed by atoms with E-state index in [9.17, 15) is 0 Å².